The molecule has 0 bridgehead atoms. The Morgan fingerprint density at radius 2 is 2.00 bits per heavy atom. The van der Waals surface area contributed by atoms with E-state index in [2.05, 4.69) is 28.7 Å². The Labute approximate surface area is 114 Å². The van der Waals surface area contributed by atoms with E-state index in [0.29, 0.717) is 5.15 Å². The van der Waals surface area contributed by atoms with Crippen molar-refractivity contribution < 1.29 is 5.11 Å². The van der Waals surface area contributed by atoms with E-state index in [0.717, 1.165) is 49.6 Å². The number of aromatic nitrogens is 2. The molecule has 1 aromatic heterocycles. The highest BCUT2D eigenvalue weighted by Gasteiger charge is 2.14. The summed E-state index contributed by atoms with van der Waals surface area (Å²) in [6.45, 7) is 7.93. The number of anilines is 1. The topological polar surface area (TPSA) is 49.2 Å². The molecule has 0 spiro atoms. The molecule has 18 heavy (non-hydrogen) atoms. The number of aliphatic hydroxyl groups is 1. The minimum absolute atomic E-state index is 0.191. The number of hydrogen-bond acceptors (Lipinski definition) is 4. The molecule has 0 saturated carbocycles. The molecular weight excluding hydrogens is 250 g/mol. The molecule has 5 heteroatoms. The molecule has 0 aliphatic rings. The molecule has 4 nitrogen and oxygen atoms in total. The lowest BCUT2D eigenvalue weighted by Gasteiger charge is -2.24. The highest BCUT2D eigenvalue weighted by atomic mass is 35.5. The minimum atomic E-state index is 0.191. The summed E-state index contributed by atoms with van der Waals surface area (Å²) in [5.41, 5.74) is 0.913. The predicted molar refractivity (Wildman–Crippen MR) is 75.4 cm³/mol. The maximum Gasteiger partial charge on any atom is 0.137 e. The largest absolute Gasteiger partial charge is 0.396 e. The molecule has 102 valence electrons. The van der Waals surface area contributed by atoms with E-state index >= 15 is 0 Å². The number of halogens is 1. The van der Waals surface area contributed by atoms with Crippen molar-refractivity contribution in [1.29, 1.82) is 0 Å². The molecule has 0 fully saturated rings. The van der Waals surface area contributed by atoms with Gasteiger partial charge in [-0.3, -0.25) is 0 Å². The zero-order chi connectivity index (χ0) is 13.5. The number of aryl methyl sites for hydroxylation is 1. The van der Waals surface area contributed by atoms with Crippen molar-refractivity contribution in [2.24, 2.45) is 0 Å². The van der Waals surface area contributed by atoms with E-state index in [-0.39, 0.29) is 6.61 Å². The van der Waals surface area contributed by atoms with Crippen LogP contribution in [-0.4, -0.2) is 34.8 Å². The van der Waals surface area contributed by atoms with Gasteiger partial charge >= 0.3 is 0 Å². The van der Waals surface area contributed by atoms with Crippen LogP contribution in [0.25, 0.3) is 0 Å². The Bertz CT molecular complexity index is 385. The second-order valence-corrected chi connectivity index (χ2v) is 4.64. The molecule has 0 aromatic carbocycles. The summed E-state index contributed by atoms with van der Waals surface area (Å²) < 4.78 is 0. The Hall–Kier alpha value is -0.870. The molecule has 1 aromatic rings. The van der Waals surface area contributed by atoms with E-state index < -0.39 is 0 Å². The molecule has 0 aliphatic heterocycles. The van der Waals surface area contributed by atoms with Gasteiger partial charge in [0.15, 0.2) is 0 Å². The normalized spacial score (nSPS) is 10.7. The molecule has 1 heterocycles. The summed E-state index contributed by atoms with van der Waals surface area (Å²) in [7, 11) is 0. The Balaban J connectivity index is 3.03. The van der Waals surface area contributed by atoms with Crippen LogP contribution in [0.3, 0.4) is 0 Å². The first-order valence-electron chi connectivity index (χ1n) is 6.52. The van der Waals surface area contributed by atoms with Gasteiger partial charge in [0.05, 0.1) is 0 Å². The van der Waals surface area contributed by atoms with Crippen LogP contribution in [0, 0.1) is 6.92 Å². The van der Waals surface area contributed by atoms with Gasteiger partial charge in [0.1, 0.15) is 16.8 Å². The summed E-state index contributed by atoms with van der Waals surface area (Å²) >= 11 is 6.16. The fourth-order valence-corrected chi connectivity index (χ4v) is 2.02. The Kier molecular flexibility index (Phi) is 6.36. The third-order valence-electron chi connectivity index (χ3n) is 2.85. The lowest BCUT2D eigenvalue weighted by Crippen LogP contribution is -2.27. The molecule has 0 atom stereocenters. The maximum absolute atomic E-state index is 8.93. The highest BCUT2D eigenvalue weighted by molar-refractivity contribution is 6.30. The summed E-state index contributed by atoms with van der Waals surface area (Å²) in [5.74, 6) is 1.69. The second-order valence-electron chi connectivity index (χ2n) is 4.29. The quantitative estimate of drug-likeness (QED) is 0.775. The van der Waals surface area contributed by atoms with Gasteiger partial charge in [0.25, 0.3) is 0 Å². The van der Waals surface area contributed by atoms with Crippen molar-refractivity contribution >= 4 is 17.4 Å². The lowest BCUT2D eigenvalue weighted by atomic mass is 10.2. The first-order valence-corrected chi connectivity index (χ1v) is 6.90. The van der Waals surface area contributed by atoms with E-state index in [9.17, 15) is 0 Å². The fraction of sp³-hybridized carbons (Fsp3) is 0.692. The zero-order valence-corrected chi connectivity index (χ0v) is 12.2. The lowest BCUT2D eigenvalue weighted by molar-refractivity contribution is 0.289. The first-order chi connectivity index (χ1) is 8.63. The monoisotopic (exact) mass is 271 g/mol. The van der Waals surface area contributed by atoms with E-state index in [1.165, 1.54) is 0 Å². The third kappa shape index (κ3) is 3.82. The molecule has 0 aliphatic carbocycles. The van der Waals surface area contributed by atoms with Gasteiger partial charge in [-0.1, -0.05) is 18.5 Å². The summed E-state index contributed by atoms with van der Waals surface area (Å²) in [6.07, 6.45) is 2.57. The van der Waals surface area contributed by atoms with E-state index in [4.69, 9.17) is 16.7 Å². The smallest absolute Gasteiger partial charge is 0.137 e. The van der Waals surface area contributed by atoms with Crippen LogP contribution in [0.1, 0.15) is 38.1 Å². The molecule has 0 unspecified atom stereocenters. The standard InChI is InChI=1S/C13H22ClN3O/c1-4-7-11-15-12(14)10(3)13(16-11)17(5-2)8-6-9-18/h18H,4-9H2,1-3H3. The van der Waals surface area contributed by atoms with Crippen LogP contribution in [0.2, 0.25) is 5.15 Å². The fourth-order valence-electron chi connectivity index (χ4n) is 1.84. The van der Waals surface area contributed by atoms with Crippen molar-refractivity contribution in [3.05, 3.63) is 16.5 Å². The van der Waals surface area contributed by atoms with Crippen molar-refractivity contribution in [1.82, 2.24) is 9.97 Å². The van der Waals surface area contributed by atoms with Gasteiger partial charge < -0.3 is 10.0 Å². The Morgan fingerprint density at radius 1 is 1.28 bits per heavy atom. The van der Waals surface area contributed by atoms with Gasteiger partial charge in [-0.2, -0.15) is 0 Å². The number of aliphatic hydroxyl groups excluding tert-OH is 1. The SMILES string of the molecule is CCCc1nc(Cl)c(C)c(N(CC)CCCO)n1. The van der Waals surface area contributed by atoms with Crippen LogP contribution < -0.4 is 4.90 Å². The average Bonchev–Trinajstić information content (AvgIpc) is 2.36. The second kappa shape index (κ2) is 7.54. The van der Waals surface area contributed by atoms with Crippen LogP contribution in [0.5, 0.6) is 0 Å². The molecule has 0 amide bonds. The molecule has 1 N–H and O–H groups in total. The summed E-state index contributed by atoms with van der Waals surface area (Å²) in [6, 6.07) is 0. The molecule has 0 saturated heterocycles. The van der Waals surface area contributed by atoms with Gasteiger partial charge in [-0.25, -0.2) is 9.97 Å². The Morgan fingerprint density at radius 3 is 2.56 bits per heavy atom. The van der Waals surface area contributed by atoms with Crippen molar-refractivity contribution in [3.63, 3.8) is 0 Å². The minimum Gasteiger partial charge on any atom is -0.396 e. The van der Waals surface area contributed by atoms with Crippen LogP contribution >= 0.6 is 11.6 Å². The van der Waals surface area contributed by atoms with Gasteiger partial charge in [-0.05, 0) is 26.7 Å². The summed E-state index contributed by atoms with van der Waals surface area (Å²) in [5, 5.41) is 9.47. The van der Waals surface area contributed by atoms with Gasteiger partial charge in [0.2, 0.25) is 0 Å². The van der Waals surface area contributed by atoms with Crippen molar-refractivity contribution in [2.75, 3.05) is 24.6 Å². The zero-order valence-electron chi connectivity index (χ0n) is 11.4. The molecule has 0 radical (unpaired) electrons. The average molecular weight is 272 g/mol. The summed E-state index contributed by atoms with van der Waals surface area (Å²) in [4.78, 5) is 11.0. The van der Waals surface area contributed by atoms with Gasteiger partial charge in [0, 0.05) is 31.7 Å². The maximum atomic E-state index is 8.93. The van der Waals surface area contributed by atoms with Crippen molar-refractivity contribution in [3.8, 4) is 0 Å². The molecular formula is C13H22ClN3O. The first kappa shape index (κ1) is 15.2. The molecule has 1 rings (SSSR count). The third-order valence-corrected chi connectivity index (χ3v) is 3.22. The van der Waals surface area contributed by atoms with Crippen molar-refractivity contribution in [2.45, 2.75) is 40.0 Å². The van der Waals surface area contributed by atoms with Crippen LogP contribution in [0.4, 0.5) is 5.82 Å². The number of hydrogen-bond donors (Lipinski definition) is 1. The van der Waals surface area contributed by atoms with E-state index in [1.807, 2.05) is 6.92 Å². The number of rotatable bonds is 7. The highest BCUT2D eigenvalue weighted by Crippen LogP contribution is 2.23. The van der Waals surface area contributed by atoms with Crippen LogP contribution in [-0.2, 0) is 6.42 Å². The van der Waals surface area contributed by atoms with E-state index in [1.54, 1.807) is 0 Å². The van der Waals surface area contributed by atoms with Gasteiger partial charge in [-0.15, -0.1) is 0 Å². The predicted octanol–water partition coefficient (Wildman–Crippen LogP) is 2.60. The van der Waals surface area contributed by atoms with Crippen LogP contribution in [0.15, 0.2) is 0 Å². The number of nitrogens with zero attached hydrogens (tertiary/aromatic N) is 3.